The molecule has 0 unspecified atom stereocenters. The lowest BCUT2D eigenvalue weighted by molar-refractivity contribution is 0.239. The fourth-order valence-electron chi connectivity index (χ4n) is 3.25. The van der Waals surface area contributed by atoms with Crippen molar-refractivity contribution in [3.63, 3.8) is 0 Å². The van der Waals surface area contributed by atoms with E-state index in [0.29, 0.717) is 10.4 Å². The van der Waals surface area contributed by atoms with Crippen LogP contribution in [0.1, 0.15) is 39.0 Å². The summed E-state index contributed by atoms with van der Waals surface area (Å²) in [5.74, 6) is 0. The molecular formula is C14H18ClN3S. The molecule has 0 atom stereocenters. The van der Waals surface area contributed by atoms with Gasteiger partial charge in [0.2, 0.25) is 0 Å². The molecule has 0 aromatic carbocycles. The van der Waals surface area contributed by atoms with Gasteiger partial charge in [-0.1, -0.05) is 31.4 Å². The first-order valence-electron chi connectivity index (χ1n) is 6.88. The van der Waals surface area contributed by atoms with E-state index in [4.69, 9.17) is 23.8 Å². The van der Waals surface area contributed by atoms with E-state index < -0.39 is 0 Å². The number of aromatic nitrogens is 3. The summed E-state index contributed by atoms with van der Waals surface area (Å²) < 4.78 is 2.90. The second-order valence-electron chi connectivity index (χ2n) is 5.60. The molecule has 102 valence electrons. The monoisotopic (exact) mass is 295 g/mol. The van der Waals surface area contributed by atoms with Crippen LogP contribution in [-0.2, 0) is 6.54 Å². The number of nitrogens with zero attached hydrogens (tertiary/aromatic N) is 2. The van der Waals surface area contributed by atoms with Crippen molar-refractivity contribution in [2.45, 2.75) is 45.6 Å². The molecule has 3 nitrogen and oxygen atoms in total. The van der Waals surface area contributed by atoms with Gasteiger partial charge in [-0.05, 0) is 43.0 Å². The molecule has 0 bridgehead atoms. The first-order valence-corrected chi connectivity index (χ1v) is 7.66. The summed E-state index contributed by atoms with van der Waals surface area (Å²) in [5.41, 5.74) is 2.25. The molecule has 5 heteroatoms. The minimum absolute atomic E-state index is 0.397. The van der Waals surface area contributed by atoms with Crippen molar-refractivity contribution in [1.82, 2.24) is 14.5 Å². The van der Waals surface area contributed by atoms with Gasteiger partial charge in [-0.15, -0.1) is 0 Å². The molecule has 1 saturated carbocycles. The standard InChI is InChI=1S/C14H18ClN3S/c1-2-14(5-3-4-6-14)9-18-12-11(17-13(18)19)7-10(15)8-16-12/h7-8H,2-6,9H2,1H3,(H,17,19). The maximum absolute atomic E-state index is 5.98. The first kappa shape index (κ1) is 13.1. The van der Waals surface area contributed by atoms with Crippen LogP contribution in [0.25, 0.3) is 11.2 Å². The Morgan fingerprint density at radius 1 is 1.47 bits per heavy atom. The lowest BCUT2D eigenvalue weighted by Crippen LogP contribution is -2.23. The van der Waals surface area contributed by atoms with Gasteiger partial charge < -0.3 is 9.55 Å². The van der Waals surface area contributed by atoms with E-state index in [-0.39, 0.29) is 0 Å². The smallest absolute Gasteiger partial charge is 0.179 e. The van der Waals surface area contributed by atoms with E-state index in [2.05, 4.69) is 21.5 Å². The number of fused-ring (bicyclic) bond motifs is 1. The highest BCUT2D eigenvalue weighted by atomic mass is 35.5. The average molecular weight is 296 g/mol. The third-order valence-electron chi connectivity index (χ3n) is 4.48. The van der Waals surface area contributed by atoms with Crippen LogP contribution in [0.4, 0.5) is 0 Å². The summed E-state index contributed by atoms with van der Waals surface area (Å²) in [4.78, 5) is 7.66. The summed E-state index contributed by atoms with van der Waals surface area (Å²) in [6.07, 6.45) is 8.16. The van der Waals surface area contributed by atoms with Crippen molar-refractivity contribution >= 4 is 35.0 Å². The minimum atomic E-state index is 0.397. The first-order chi connectivity index (χ1) is 9.13. The third-order valence-corrected chi connectivity index (χ3v) is 5.01. The van der Waals surface area contributed by atoms with Crippen LogP contribution in [0.15, 0.2) is 12.3 Å². The fraction of sp³-hybridized carbons (Fsp3) is 0.571. The Morgan fingerprint density at radius 3 is 2.89 bits per heavy atom. The number of hydrogen-bond acceptors (Lipinski definition) is 2. The summed E-state index contributed by atoms with van der Waals surface area (Å²) in [7, 11) is 0. The quantitative estimate of drug-likeness (QED) is 0.831. The lowest BCUT2D eigenvalue weighted by atomic mass is 9.83. The van der Waals surface area contributed by atoms with Gasteiger partial charge in [0.05, 0.1) is 10.5 Å². The van der Waals surface area contributed by atoms with Crippen LogP contribution in [0.3, 0.4) is 0 Å². The van der Waals surface area contributed by atoms with Crippen molar-refractivity contribution < 1.29 is 0 Å². The zero-order valence-electron chi connectivity index (χ0n) is 11.1. The fourth-order valence-corrected chi connectivity index (χ4v) is 3.67. The van der Waals surface area contributed by atoms with Crippen molar-refractivity contribution in [3.8, 4) is 0 Å². The van der Waals surface area contributed by atoms with Crippen LogP contribution in [-0.4, -0.2) is 14.5 Å². The van der Waals surface area contributed by atoms with Gasteiger partial charge in [0.25, 0.3) is 0 Å². The van der Waals surface area contributed by atoms with Gasteiger partial charge in [-0.25, -0.2) is 4.98 Å². The van der Waals surface area contributed by atoms with Crippen molar-refractivity contribution in [3.05, 3.63) is 22.1 Å². The number of H-pyrrole nitrogens is 1. The second-order valence-corrected chi connectivity index (χ2v) is 6.42. The van der Waals surface area contributed by atoms with Crippen LogP contribution >= 0.6 is 23.8 Å². The molecule has 2 aromatic rings. The molecule has 1 aliphatic rings. The number of halogens is 1. The zero-order valence-corrected chi connectivity index (χ0v) is 12.7. The van der Waals surface area contributed by atoms with Gasteiger partial charge in [-0.2, -0.15) is 0 Å². The van der Waals surface area contributed by atoms with Crippen LogP contribution in [0.2, 0.25) is 5.02 Å². The van der Waals surface area contributed by atoms with Crippen molar-refractivity contribution in [1.29, 1.82) is 0 Å². The Bertz CT molecular complexity index is 652. The zero-order chi connectivity index (χ0) is 13.5. The number of imidazole rings is 1. The molecule has 0 amide bonds. The number of pyridine rings is 1. The normalized spacial score (nSPS) is 18.2. The van der Waals surface area contributed by atoms with E-state index in [9.17, 15) is 0 Å². The number of nitrogens with one attached hydrogen (secondary N) is 1. The molecule has 0 spiro atoms. The summed E-state index contributed by atoms with van der Waals surface area (Å²) in [5, 5.41) is 0.641. The molecule has 1 aliphatic carbocycles. The number of rotatable bonds is 3. The van der Waals surface area contributed by atoms with Gasteiger partial charge in [-0.3, -0.25) is 0 Å². The molecule has 0 aliphatic heterocycles. The van der Waals surface area contributed by atoms with Gasteiger partial charge in [0, 0.05) is 12.7 Å². The van der Waals surface area contributed by atoms with Crippen molar-refractivity contribution in [2.75, 3.05) is 0 Å². The maximum Gasteiger partial charge on any atom is 0.179 e. The molecule has 19 heavy (non-hydrogen) atoms. The predicted molar refractivity (Wildman–Crippen MR) is 81.1 cm³/mol. The Balaban J connectivity index is 2.05. The molecular weight excluding hydrogens is 278 g/mol. The van der Waals surface area contributed by atoms with E-state index in [1.54, 1.807) is 6.20 Å². The second kappa shape index (κ2) is 4.91. The minimum Gasteiger partial charge on any atom is -0.329 e. The lowest BCUT2D eigenvalue weighted by Gasteiger charge is -2.27. The van der Waals surface area contributed by atoms with Crippen molar-refractivity contribution in [2.24, 2.45) is 5.41 Å². The summed E-state index contributed by atoms with van der Waals surface area (Å²) >= 11 is 11.4. The summed E-state index contributed by atoms with van der Waals surface area (Å²) in [6, 6.07) is 1.89. The van der Waals surface area contributed by atoms with E-state index in [0.717, 1.165) is 22.5 Å². The molecule has 0 saturated heterocycles. The highest BCUT2D eigenvalue weighted by Crippen LogP contribution is 2.42. The van der Waals surface area contributed by atoms with Crippen LogP contribution < -0.4 is 0 Å². The van der Waals surface area contributed by atoms with Gasteiger partial charge in [0.1, 0.15) is 0 Å². The van der Waals surface area contributed by atoms with Crippen LogP contribution in [0, 0.1) is 10.2 Å². The predicted octanol–water partition coefficient (Wildman–Crippen LogP) is 4.72. The Hall–Kier alpha value is -0.870. The SMILES string of the molecule is CCC1(Cn2c(=S)[nH]c3cc(Cl)cnc32)CCCC1. The third kappa shape index (κ3) is 2.32. The number of aromatic amines is 1. The molecule has 3 rings (SSSR count). The topological polar surface area (TPSA) is 33.6 Å². The van der Waals surface area contributed by atoms with E-state index in [1.165, 1.54) is 32.1 Å². The Labute approximate surface area is 123 Å². The Morgan fingerprint density at radius 2 is 2.21 bits per heavy atom. The van der Waals surface area contributed by atoms with Crippen LogP contribution in [0.5, 0.6) is 0 Å². The van der Waals surface area contributed by atoms with Gasteiger partial charge in [0.15, 0.2) is 10.4 Å². The summed E-state index contributed by atoms with van der Waals surface area (Å²) in [6.45, 7) is 3.25. The van der Waals surface area contributed by atoms with Gasteiger partial charge >= 0.3 is 0 Å². The van der Waals surface area contributed by atoms with E-state index in [1.807, 2.05) is 6.07 Å². The molecule has 0 radical (unpaired) electrons. The highest BCUT2D eigenvalue weighted by Gasteiger charge is 2.33. The largest absolute Gasteiger partial charge is 0.329 e. The number of hydrogen-bond donors (Lipinski definition) is 1. The molecule has 1 fully saturated rings. The van der Waals surface area contributed by atoms with E-state index >= 15 is 0 Å². The average Bonchev–Trinajstić information content (AvgIpc) is 2.96. The highest BCUT2D eigenvalue weighted by molar-refractivity contribution is 7.71. The molecule has 2 heterocycles. The Kier molecular flexibility index (Phi) is 3.39. The molecule has 1 N–H and O–H groups in total. The molecule has 2 aromatic heterocycles. The maximum atomic E-state index is 5.98.